The third-order valence-electron chi connectivity index (χ3n) is 3.21. The average Bonchev–Trinajstić information content (AvgIpc) is 2.75. The fraction of sp³-hybridized carbons (Fsp3) is 0.462. The van der Waals surface area contributed by atoms with E-state index in [2.05, 4.69) is 10.6 Å². The van der Waals surface area contributed by atoms with Crippen molar-refractivity contribution in [1.29, 1.82) is 0 Å². The lowest BCUT2D eigenvalue weighted by molar-refractivity contribution is -0.123. The number of carbonyl (C=O) groups is 1. The molecule has 0 aliphatic carbocycles. The van der Waals surface area contributed by atoms with Crippen molar-refractivity contribution in [3.8, 4) is 0 Å². The Labute approximate surface area is 122 Å². The maximum Gasteiger partial charge on any atom is 0.237 e. The number of nitrogens with one attached hydrogen (secondary N) is 2. The molecule has 1 aliphatic heterocycles. The number of amides is 1. The fourth-order valence-corrected chi connectivity index (χ4v) is 2.73. The number of rotatable bonds is 3. The highest BCUT2D eigenvalue weighted by Gasteiger charge is 2.28. The second kappa shape index (κ2) is 6.09. The molecule has 2 rings (SSSR count). The van der Waals surface area contributed by atoms with Gasteiger partial charge in [0.25, 0.3) is 0 Å². The van der Waals surface area contributed by atoms with Gasteiger partial charge in [0.1, 0.15) is 0 Å². The van der Waals surface area contributed by atoms with Crippen LogP contribution in [0.2, 0.25) is 10.0 Å². The van der Waals surface area contributed by atoms with E-state index in [1.54, 1.807) is 18.2 Å². The zero-order chi connectivity index (χ0) is 14.0. The van der Waals surface area contributed by atoms with E-state index < -0.39 is 6.10 Å². The van der Waals surface area contributed by atoms with Crippen molar-refractivity contribution in [3.05, 3.63) is 33.8 Å². The van der Waals surface area contributed by atoms with E-state index in [0.717, 1.165) is 5.56 Å². The molecular formula is C13H16Cl2N2O2. The van der Waals surface area contributed by atoms with Gasteiger partial charge in [-0.05, 0) is 31.0 Å². The van der Waals surface area contributed by atoms with Crippen LogP contribution < -0.4 is 10.6 Å². The molecule has 6 heteroatoms. The highest BCUT2D eigenvalue weighted by Crippen LogP contribution is 2.26. The Kier molecular flexibility index (Phi) is 4.68. The number of benzene rings is 1. The minimum Gasteiger partial charge on any atom is -0.392 e. The van der Waals surface area contributed by atoms with Crippen molar-refractivity contribution in [2.75, 3.05) is 6.54 Å². The highest BCUT2D eigenvalue weighted by atomic mass is 35.5. The van der Waals surface area contributed by atoms with Crippen LogP contribution in [0.15, 0.2) is 18.2 Å². The number of aliphatic hydroxyl groups excluding tert-OH is 1. The summed E-state index contributed by atoms with van der Waals surface area (Å²) in [6.07, 6.45) is -0.0161. The monoisotopic (exact) mass is 302 g/mol. The van der Waals surface area contributed by atoms with Crippen molar-refractivity contribution >= 4 is 29.1 Å². The molecule has 0 bridgehead atoms. The van der Waals surface area contributed by atoms with Crippen molar-refractivity contribution < 1.29 is 9.90 Å². The normalized spacial score (nSPS) is 24.2. The van der Waals surface area contributed by atoms with Crippen LogP contribution in [0.1, 0.15) is 24.9 Å². The molecular weight excluding hydrogens is 287 g/mol. The first-order chi connectivity index (χ1) is 8.97. The molecule has 1 amide bonds. The zero-order valence-electron chi connectivity index (χ0n) is 10.5. The molecule has 3 atom stereocenters. The van der Waals surface area contributed by atoms with Gasteiger partial charge in [-0.1, -0.05) is 29.3 Å². The maximum atomic E-state index is 12.0. The lowest BCUT2D eigenvalue weighted by atomic mass is 10.1. The minimum absolute atomic E-state index is 0.130. The summed E-state index contributed by atoms with van der Waals surface area (Å²) in [6.45, 7) is 2.31. The van der Waals surface area contributed by atoms with Gasteiger partial charge in [-0.3, -0.25) is 4.79 Å². The second-order valence-electron chi connectivity index (χ2n) is 4.75. The van der Waals surface area contributed by atoms with Crippen molar-refractivity contribution in [1.82, 2.24) is 10.6 Å². The molecule has 1 aromatic rings. The Bertz CT molecular complexity index is 482. The number of halogens is 2. The number of hydrogen-bond donors (Lipinski definition) is 3. The van der Waals surface area contributed by atoms with Crippen molar-refractivity contribution in [2.24, 2.45) is 0 Å². The third kappa shape index (κ3) is 3.60. The molecule has 1 aromatic carbocycles. The first kappa shape index (κ1) is 14.6. The van der Waals surface area contributed by atoms with E-state index in [1.807, 2.05) is 6.92 Å². The van der Waals surface area contributed by atoms with Gasteiger partial charge in [0, 0.05) is 16.6 Å². The molecule has 3 N–H and O–H groups in total. The fourth-order valence-electron chi connectivity index (χ4n) is 2.16. The van der Waals surface area contributed by atoms with E-state index in [1.165, 1.54) is 0 Å². The molecule has 1 heterocycles. The van der Waals surface area contributed by atoms with E-state index in [9.17, 15) is 9.90 Å². The van der Waals surface area contributed by atoms with Gasteiger partial charge < -0.3 is 15.7 Å². The Balaban J connectivity index is 2.00. The van der Waals surface area contributed by atoms with E-state index in [-0.39, 0.29) is 18.0 Å². The first-order valence-corrected chi connectivity index (χ1v) is 6.89. The van der Waals surface area contributed by atoms with Crippen LogP contribution in [0.4, 0.5) is 0 Å². The summed E-state index contributed by atoms with van der Waals surface area (Å²) in [5.74, 6) is -0.130. The predicted octanol–water partition coefficient (Wildman–Crippen LogP) is 1.89. The lowest BCUT2D eigenvalue weighted by Gasteiger charge is -2.18. The molecule has 0 radical (unpaired) electrons. The summed E-state index contributed by atoms with van der Waals surface area (Å²) in [6, 6.07) is 4.63. The molecule has 0 unspecified atom stereocenters. The number of aliphatic hydroxyl groups is 1. The van der Waals surface area contributed by atoms with E-state index in [0.29, 0.717) is 23.0 Å². The minimum atomic E-state index is -0.454. The molecule has 4 nitrogen and oxygen atoms in total. The molecule has 1 aliphatic rings. The van der Waals surface area contributed by atoms with Gasteiger partial charge in [-0.2, -0.15) is 0 Å². The summed E-state index contributed by atoms with van der Waals surface area (Å²) in [4.78, 5) is 12.0. The largest absolute Gasteiger partial charge is 0.392 e. The molecule has 19 heavy (non-hydrogen) atoms. The standard InChI is InChI=1S/C13H16Cl2N2O2/c1-7(10-3-2-8(14)4-11(10)15)17-13(19)12-5-9(18)6-16-12/h2-4,7,9,12,16,18H,5-6H2,1H3,(H,17,19)/t7-,9-,12-/m0/s1. The van der Waals surface area contributed by atoms with Crippen LogP contribution >= 0.6 is 23.2 Å². The first-order valence-electron chi connectivity index (χ1n) is 6.14. The Morgan fingerprint density at radius 2 is 2.26 bits per heavy atom. The molecule has 1 saturated heterocycles. The summed E-state index contributed by atoms with van der Waals surface area (Å²) < 4.78 is 0. The molecule has 0 aromatic heterocycles. The average molecular weight is 303 g/mol. The maximum absolute atomic E-state index is 12.0. The Morgan fingerprint density at radius 1 is 1.53 bits per heavy atom. The van der Waals surface area contributed by atoms with Gasteiger partial charge in [-0.25, -0.2) is 0 Å². The van der Waals surface area contributed by atoms with Crippen LogP contribution in [0.3, 0.4) is 0 Å². The van der Waals surface area contributed by atoms with Crippen LogP contribution in [0.5, 0.6) is 0 Å². The Morgan fingerprint density at radius 3 is 2.84 bits per heavy atom. The second-order valence-corrected chi connectivity index (χ2v) is 5.59. The molecule has 104 valence electrons. The molecule has 1 fully saturated rings. The third-order valence-corrected chi connectivity index (χ3v) is 3.77. The van der Waals surface area contributed by atoms with Gasteiger partial charge in [0.2, 0.25) is 5.91 Å². The summed E-state index contributed by atoms with van der Waals surface area (Å²) in [7, 11) is 0. The van der Waals surface area contributed by atoms with Crippen LogP contribution in [-0.4, -0.2) is 29.7 Å². The van der Waals surface area contributed by atoms with Crippen LogP contribution in [-0.2, 0) is 4.79 Å². The molecule has 0 spiro atoms. The number of hydrogen-bond acceptors (Lipinski definition) is 3. The lowest BCUT2D eigenvalue weighted by Crippen LogP contribution is -2.41. The van der Waals surface area contributed by atoms with Gasteiger partial charge >= 0.3 is 0 Å². The Hall–Kier alpha value is -0.810. The SMILES string of the molecule is C[C@H](NC(=O)[C@@H]1C[C@H](O)CN1)c1ccc(Cl)cc1Cl. The summed E-state index contributed by atoms with van der Waals surface area (Å²) in [5.41, 5.74) is 0.818. The smallest absolute Gasteiger partial charge is 0.237 e. The molecule has 0 saturated carbocycles. The number of β-amino-alcohol motifs (C(OH)–C–C–N with tert-alkyl or cyclic N) is 1. The van der Waals surface area contributed by atoms with Gasteiger partial charge in [0.05, 0.1) is 18.2 Å². The van der Waals surface area contributed by atoms with Crippen molar-refractivity contribution in [2.45, 2.75) is 31.5 Å². The van der Waals surface area contributed by atoms with Crippen LogP contribution in [0.25, 0.3) is 0 Å². The topological polar surface area (TPSA) is 61.4 Å². The predicted molar refractivity (Wildman–Crippen MR) is 75.4 cm³/mol. The van der Waals surface area contributed by atoms with E-state index in [4.69, 9.17) is 23.2 Å². The van der Waals surface area contributed by atoms with Gasteiger partial charge in [0.15, 0.2) is 0 Å². The number of carbonyl (C=O) groups excluding carboxylic acids is 1. The summed E-state index contributed by atoms with van der Waals surface area (Å²) >= 11 is 11.9. The highest BCUT2D eigenvalue weighted by molar-refractivity contribution is 6.35. The summed E-state index contributed by atoms with van der Waals surface area (Å²) in [5, 5.41) is 16.3. The quantitative estimate of drug-likeness (QED) is 0.799. The van der Waals surface area contributed by atoms with Crippen LogP contribution in [0, 0.1) is 0 Å². The van der Waals surface area contributed by atoms with Crippen molar-refractivity contribution in [3.63, 3.8) is 0 Å². The zero-order valence-corrected chi connectivity index (χ0v) is 12.0. The van der Waals surface area contributed by atoms with Gasteiger partial charge in [-0.15, -0.1) is 0 Å². The van der Waals surface area contributed by atoms with E-state index >= 15 is 0 Å².